The molecule has 0 saturated carbocycles. The number of anilines is 1. The third-order valence-corrected chi connectivity index (χ3v) is 3.92. The van der Waals surface area contributed by atoms with Crippen LogP contribution < -0.4 is 11.1 Å². The minimum absolute atomic E-state index is 0.174. The molecule has 0 fully saturated rings. The summed E-state index contributed by atoms with van der Waals surface area (Å²) in [5, 5.41) is 5.24. The van der Waals surface area contributed by atoms with Gasteiger partial charge < -0.3 is 11.1 Å². The summed E-state index contributed by atoms with van der Waals surface area (Å²) in [5.74, 6) is -0.263. The van der Waals surface area contributed by atoms with E-state index in [1.54, 1.807) is 29.9 Å². The highest BCUT2D eigenvalue weighted by molar-refractivity contribution is 7.09. The molecule has 1 amide bonds. The van der Waals surface area contributed by atoms with Crippen molar-refractivity contribution in [2.75, 3.05) is 5.32 Å². The number of hydrogen-bond donors (Lipinski definition) is 2. The highest BCUT2D eigenvalue weighted by Gasteiger charge is 2.13. The predicted octanol–water partition coefficient (Wildman–Crippen LogP) is 2.36. The quantitative estimate of drug-likeness (QED) is 0.774. The lowest BCUT2D eigenvalue weighted by molar-refractivity contribution is 0.102. The Morgan fingerprint density at radius 2 is 2.05 bits per heavy atom. The summed E-state index contributed by atoms with van der Waals surface area (Å²) in [6, 6.07) is 5.20. The lowest BCUT2D eigenvalue weighted by Gasteiger charge is -2.04. The van der Waals surface area contributed by atoms with Gasteiger partial charge in [0, 0.05) is 23.5 Å². The van der Waals surface area contributed by atoms with Gasteiger partial charge in [0.2, 0.25) is 0 Å². The number of nitrogens with zero attached hydrogens (tertiary/aromatic N) is 3. The number of rotatable bonds is 3. The second-order valence-electron chi connectivity index (χ2n) is 4.57. The van der Waals surface area contributed by atoms with Crippen LogP contribution in [0.2, 0.25) is 0 Å². The molecular formula is C14H13N5OS. The van der Waals surface area contributed by atoms with Crippen LogP contribution in [-0.4, -0.2) is 20.9 Å². The third kappa shape index (κ3) is 2.88. The van der Waals surface area contributed by atoms with E-state index in [1.165, 1.54) is 11.3 Å². The summed E-state index contributed by atoms with van der Waals surface area (Å²) in [6.07, 6.45) is 3.24. The Morgan fingerprint density at radius 1 is 1.29 bits per heavy atom. The molecule has 2 heterocycles. The summed E-state index contributed by atoms with van der Waals surface area (Å²) >= 11 is 1.38. The van der Waals surface area contributed by atoms with Crippen molar-refractivity contribution in [3.05, 3.63) is 46.7 Å². The number of aromatic nitrogens is 3. The molecule has 1 atom stereocenters. The summed E-state index contributed by atoms with van der Waals surface area (Å²) in [4.78, 5) is 24.8. The van der Waals surface area contributed by atoms with Crippen molar-refractivity contribution in [3.63, 3.8) is 0 Å². The largest absolute Gasteiger partial charge is 0.322 e. The van der Waals surface area contributed by atoms with Crippen molar-refractivity contribution in [2.45, 2.75) is 13.0 Å². The van der Waals surface area contributed by atoms with Gasteiger partial charge in [-0.05, 0) is 25.1 Å². The topological polar surface area (TPSA) is 93.8 Å². The van der Waals surface area contributed by atoms with E-state index >= 15 is 0 Å². The molecule has 0 aliphatic carbocycles. The molecule has 0 spiro atoms. The monoisotopic (exact) mass is 299 g/mol. The fourth-order valence-electron chi connectivity index (χ4n) is 1.84. The fraction of sp³-hybridized carbons (Fsp3) is 0.143. The summed E-state index contributed by atoms with van der Waals surface area (Å²) in [7, 11) is 0. The van der Waals surface area contributed by atoms with Crippen molar-refractivity contribution in [1.29, 1.82) is 0 Å². The maximum Gasteiger partial charge on any atom is 0.275 e. The van der Waals surface area contributed by atoms with Gasteiger partial charge in [-0.2, -0.15) is 0 Å². The highest BCUT2D eigenvalue weighted by Crippen LogP contribution is 2.18. The SMILES string of the molecule is CC(N)c1nc(C(=O)Nc2ccc3nccnc3c2)cs1. The van der Waals surface area contributed by atoms with E-state index in [2.05, 4.69) is 20.3 Å². The van der Waals surface area contributed by atoms with Gasteiger partial charge in [-0.15, -0.1) is 11.3 Å². The number of nitrogens with one attached hydrogen (secondary N) is 1. The first-order chi connectivity index (χ1) is 10.1. The molecule has 21 heavy (non-hydrogen) atoms. The van der Waals surface area contributed by atoms with Crippen LogP contribution in [0.3, 0.4) is 0 Å². The van der Waals surface area contributed by atoms with Crippen molar-refractivity contribution < 1.29 is 4.79 Å². The zero-order chi connectivity index (χ0) is 14.8. The molecule has 1 unspecified atom stereocenters. The average molecular weight is 299 g/mol. The first-order valence-electron chi connectivity index (χ1n) is 6.36. The predicted molar refractivity (Wildman–Crippen MR) is 82.2 cm³/mol. The van der Waals surface area contributed by atoms with Gasteiger partial charge in [-0.25, -0.2) is 4.98 Å². The molecule has 3 N–H and O–H groups in total. The van der Waals surface area contributed by atoms with Crippen LogP contribution >= 0.6 is 11.3 Å². The third-order valence-electron chi connectivity index (χ3n) is 2.87. The minimum Gasteiger partial charge on any atom is -0.322 e. The summed E-state index contributed by atoms with van der Waals surface area (Å²) in [6.45, 7) is 1.84. The van der Waals surface area contributed by atoms with Crippen molar-refractivity contribution >= 4 is 34.0 Å². The van der Waals surface area contributed by atoms with E-state index in [0.717, 1.165) is 16.0 Å². The first-order valence-corrected chi connectivity index (χ1v) is 7.24. The maximum absolute atomic E-state index is 12.1. The molecule has 0 radical (unpaired) electrons. The molecule has 6 nitrogen and oxygen atoms in total. The van der Waals surface area contributed by atoms with Crippen molar-refractivity contribution in [1.82, 2.24) is 15.0 Å². The molecule has 106 valence electrons. The van der Waals surface area contributed by atoms with E-state index in [0.29, 0.717) is 11.4 Å². The zero-order valence-electron chi connectivity index (χ0n) is 11.3. The molecule has 0 aliphatic rings. The Morgan fingerprint density at radius 3 is 2.76 bits per heavy atom. The normalized spacial score (nSPS) is 12.3. The van der Waals surface area contributed by atoms with E-state index in [9.17, 15) is 4.79 Å². The lowest BCUT2D eigenvalue weighted by atomic mass is 10.2. The summed E-state index contributed by atoms with van der Waals surface area (Å²) in [5.41, 5.74) is 8.27. The number of carbonyl (C=O) groups excluding carboxylic acids is 1. The van der Waals surface area contributed by atoms with Crippen LogP contribution in [0.5, 0.6) is 0 Å². The fourth-order valence-corrected chi connectivity index (χ4v) is 2.60. The Balaban J connectivity index is 1.81. The van der Waals surface area contributed by atoms with Gasteiger partial charge in [0.15, 0.2) is 0 Å². The molecule has 1 aromatic carbocycles. The molecular weight excluding hydrogens is 286 g/mol. The van der Waals surface area contributed by atoms with Gasteiger partial charge in [0.05, 0.1) is 17.1 Å². The van der Waals surface area contributed by atoms with Crippen LogP contribution in [0.15, 0.2) is 36.0 Å². The van der Waals surface area contributed by atoms with Gasteiger partial charge in [0.25, 0.3) is 5.91 Å². The van der Waals surface area contributed by atoms with E-state index in [4.69, 9.17) is 5.73 Å². The van der Waals surface area contributed by atoms with E-state index < -0.39 is 0 Å². The van der Waals surface area contributed by atoms with Crippen molar-refractivity contribution in [2.24, 2.45) is 5.73 Å². The Bertz CT molecular complexity index is 799. The molecule has 3 aromatic rings. The van der Waals surface area contributed by atoms with Crippen LogP contribution in [0.4, 0.5) is 5.69 Å². The summed E-state index contributed by atoms with van der Waals surface area (Å²) < 4.78 is 0. The number of carbonyl (C=O) groups is 1. The molecule has 0 saturated heterocycles. The number of benzene rings is 1. The van der Waals surface area contributed by atoms with Gasteiger partial charge in [-0.1, -0.05) is 0 Å². The number of amides is 1. The first kappa shape index (κ1) is 13.6. The Labute approximate surface area is 125 Å². The van der Waals surface area contributed by atoms with E-state index in [1.807, 2.05) is 13.0 Å². The second-order valence-corrected chi connectivity index (χ2v) is 5.46. The number of hydrogen-bond acceptors (Lipinski definition) is 6. The molecule has 0 bridgehead atoms. The minimum atomic E-state index is -0.263. The Kier molecular flexibility index (Phi) is 3.59. The van der Waals surface area contributed by atoms with Gasteiger partial charge in [-0.3, -0.25) is 14.8 Å². The van der Waals surface area contributed by atoms with Crippen LogP contribution in [0.25, 0.3) is 11.0 Å². The van der Waals surface area contributed by atoms with Gasteiger partial charge in [0.1, 0.15) is 10.7 Å². The lowest BCUT2D eigenvalue weighted by Crippen LogP contribution is -2.13. The molecule has 7 heteroatoms. The van der Waals surface area contributed by atoms with E-state index in [-0.39, 0.29) is 11.9 Å². The molecule has 3 rings (SSSR count). The van der Waals surface area contributed by atoms with Crippen molar-refractivity contribution in [3.8, 4) is 0 Å². The standard InChI is InChI=1S/C14H13N5OS/c1-8(15)14-19-12(7-21-14)13(20)18-9-2-3-10-11(6-9)17-5-4-16-10/h2-8H,15H2,1H3,(H,18,20). The molecule has 2 aromatic heterocycles. The van der Waals surface area contributed by atoms with Crippen LogP contribution in [0, 0.1) is 0 Å². The number of nitrogens with two attached hydrogens (primary N) is 1. The van der Waals surface area contributed by atoms with Crippen LogP contribution in [0.1, 0.15) is 28.5 Å². The molecule has 0 aliphatic heterocycles. The Hall–Kier alpha value is -2.38. The smallest absolute Gasteiger partial charge is 0.275 e. The average Bonchev–Trinajstić information content (AvgIpc) is 2.97. The number of thiazole rings is 1. The highest BCUT2D eigenvalue weighted by atomic mass is 32.1. The second kappa shape index (κ2) is 5.55. The zero-order valence-corrected chi connectivity index (χ0v) is 12.1. The number of fused-ring (bicyclic) bond motifs is 1. The van der Waals surface area contributed by atoms with Crippen LogP contribution in [-0.2, 0) is 0 Å². The maximum atomic E-state index is 12.1. The van der Waals surface area contributed by atoms with Gasteiger partial charge >= 0.3 is 0 Å².